The van der Waals surface area contributed by atoms with Crippen molar-refractivity contribution in [2.24, 2.45) is 5.73 Å². The molecule has 0 amide bonds. The molecule has 10 N–H and O–H groups in total. The average molecular weight is 527 g/mol. The van der Waals surface area contributed by atoms with Crippen molar-refractivity contribution in [1.82, 2.24) is 14.5 Å². The first-order valence-corrected chi connectivity index (χ1v) is 12.0. The van der Waals surface area contributed by atoms with E-state index >= 15 is 0 Å². The number of nitrogens with zero attached hydrogens (tertiary/aromatic N) is 2. The summed E-state index contributed by atoms with van der Waals surface area (Å²) >= 11 is 0. The standard InChI is InChI=1S/C20H23N5O6.H3O4P/c21-12(8-11-7-10-3-1-2-4-13(10)23-11)19(28)30-9-14-16(26)17(27)18(31-14)25-6-5-15(22)24-20(25)29;1-5(2,3)4/h1-7,12,14,16-18,23,26-27H,8-9,21H2,(H2,22,24,29);(H3,1,2,3,4)/t12-,14-,16-,17+,18-;/m1./s1. The quantitative estimate of drug-likeness (QED) is 0.129. The fraction of sp³-hybridized carbons (Fsp3) is 0.350. The fourth-order valence-corrected chi connectivity index (χ4v) is 3.55. The zero-order valence-corrected chi connectivity index (χ0v) is 19.5. The molecule has 4 rings (SSSR count). The second-order valence-electron chi connectivity index (χ2n) is 7.92. The summed E-state index contributed by atoms with van der Waals surface area (Å²) in [4.78, 5) is 52.6. The molecule has 3 aromatic rings. The van der Waals surface area contributed by atoms with Crippen molar-refractivity contribution in [2.45, 2.75) is 37.0 Å². The molecule has 5 atom stereocenters. The molecule has 2 aromatic heterocycles. The van der Waals surface area contributed by atoms with Gasteiger partial charge in [0.25, 0.3) is 0 Å². The van der Waals surface area contributed by atoms with Crippen LogP contribution in [0, 0.1) is 0 Å². The van der Waals surface area contributed by atoms with E-state index in [1.165, 1.54) is 12.3 Å². The number of hydrogen-bond donors (Lipinski definition) is 8. The molecule has 1 fully saturated rings. The number of H-pyrrole nitrogens is 1. The van der Waals surface area contributed by atoms with Crippen LogP contribution in [0.5, 0.6) is 0 Å². The van der Waals surface area contributed by atoms with Gasteiger partial charge in [-0.25, -0.2) is 9.36 Å². The molecule has 1 saturated heterocycles. The van der Waals surface area contributed by atoms with Gasteiger partial charge in [0.05, 0.1) is 0 Å². The Morgan fingerprint density at radius 3 is 2.53 bits per heavy atom. The number of aliphatic hydroxyl groups is 2. The molecule has 0 bridgehead atoms. The normalized spacial score (nSPS) is 22.6. The van der Waals surface area contributed by atoms with E-state index in [4.69, 9.17) is 40.2 Å². The Morgan fingerprint density at radius 1 is 1.22 bits per heavy atom. The Kier molecular flexibility index (Phi) is 8.60. The summed E-state index contributed by atoms with van der Waals surface area (Å²) in [5.41, 5.74) is 12.4. The van der Waals surface area contributed by atoms with E-state index in [9.17, 15) is 19.8 Å². The number of phosphoric acid groups is 1. The van der Waals surface area contributed by atoms with Crippen molar-refractivity contribution in [2.75, 3.05) is 12.3 Å². The van der Waals surface area contributed by atoms with Gasteiger partial charge >= 0.3 is 19.5 Å². The number of carbonyl (C=O) groups excluding carboxylic acids is 1. The molecular weight excluding hydrogens is 501 g/mol. The van der Waals surface area contributed by atoms with Gasteiger partial charge < -0.3 is 50.8 Å². The monoisotopic (exact) mass is 527 g/mol. The number of hydrogen-bond acceptors (Lipinski definition) is 10. The van der Waals surface area contributed by atoms with Crippen LogP contribution in [-0.4, -0.2) is 76.4 Å². The molecule has 0 spiro atoms. The highest BCUT2D eigenvalue weighted by atomic mass is 31.2. The fourth-order valence-electron chi connectivity index (χ4n) is 3.55. The van der Waals surface area contributed by atoms with Crippen LogP contribution in [0.2, 0.25) is 0 Å². The third-order valence-corrected chi connectivity index (χ3v) is 5.18. The van der Waals surface area contributed by atoms with Crippen molar-refractivity contribution in [3.05, 3.63) is 58.8 Å². The molecule has 1 aliphatic rings. The molecule has 36 heavy (non-hydrogen) atoms. The van der Waals surface area contributed by atoms with Crippen molar-refractivity contribution < 1.29 is 43.7 Å². The Balaban J connectivity index is 0.000000658. The lowest BCUT2D eigenvalue weighted by molar-refractivity contribution is -0.151. The van der Waals surface area contributed by atoms with Crippen LogP contribution in [0.15, 0.2) is 47.4 Å². The summed E-state index contributed by atoms with van der Waals surface area (Å²) in [6.45, 7) is -0.342. The molecule has 1 aromatic carbocycles. The number of aromatic nitrogens is 3. The topological polar surface area (TPSA) is 256 Å². The number of para-hydroxylation sites is 1. The first-order valence-electron chi connectivity index (χ1n) is 10.5. The lowest BCUT2D eigenvalue weighted by Crippen LogP contribution is -2.39. The summed E-state index contributed by atoms with van der Waals surface area (Å²) in [6.07, 6.45) is -3.51. The number of esters is 1. The van der Waals surface area contributed by atoms with Crippen LogP contribution < -0.4 is 17.2 Å². The van der Waals surface area contributed by atoms with E-state index in [1.54, 1.807) is 0 Å². The van der Waals surface area contributed by atoms with E-state index in [1.807, 2.05) is 30.3 Å². The smallest absolute Gasteiger partial charge is 0.462 e. The van der Waals surface area contributed by atoms with E-state index in [0.29, 0.717) is 0 Å². The van der Waals surface area contributed by atoms with Crippen molar-refractivity contribution in [3.63, 3.8) is 0 Å². The predicted octanol–water partition coefficient (Wildman–Crippen LogP) is -1.89. The van der Waals surface area contributed by atoms with Gasteiger partial charge in [0, 0.05) is 23.8 Å². The minimum atomic E-state index is -4.64. The van der Waals surface area contributed by atoms with Gasteiger partial charge in [-0.1, -0.05) is 18.2 Å². The molecule has 196 valence electrons. The minimum Gasteiger partial charge on any atom is -0.462 e. The lowest BCUT2D eigenvalue weighted by Gasteiger charge is -2.17. The summed E-state index contributed by atoms with van der Waals surface area (Å²) in [5, 5.41) is 21.5. The highest BCUT2D eigenvalue weighted by Crippen LogP contribution is 2.29. The van der Waals surface area contributed by atoms with Gasteiger partial charge in [-0.15, -0.1) is 0 Å². The molecule has 16 heteroatoms. The largest absolute Gasteiger partial charge is 0.466 e. The highest BCUT2D eigenvalue weighted by molar-refractivity contribution is 7.45. The second kappa shape index (κ2) is 11.3. The van der Waals surface area contributed by atoms with Crippen molar-refractivity contribution >= 4 is 30.5 Å². The zero-order chi connectivity index (χ0) is 26.6. The maximum atomic E-state index is 12.3. The summed E-state index contributed by atoms with van der Waals surface area (Å²) in [5.74, 6) is -0.664. The number of nitrogens with two attached hydrogens (primary N) is 2. The molecule has 0 radical (unpaired) electrons. The lowest BCUT2D eigenvalue weighted by atomic mass is 10.1. The SMILES string of the molecule is Nc1ccn([C@@H]2O[C@H](COC(=O)[C@H](N)Cc3cc4ccccc4[nH]3)[C@@H](O)[C@@H]2O)c(=O)n1.O=P(O)(O)O. The number of anilines is 1. The maximum Gasteiger partial charge on any atom is 0.466 e. The number of nitrogen functional groups attached to an aromatic ring is 1. The number of aliphatic hydroxyl groups excluding tert-OH is 2. The average Bonchev–Trinajstić information content (AvgIpc) is 3.31. The first-order chi connectivity index (χ1) is 16.8. The molecule has 1 aliphatic heterocycles. The van der Waals surface area contributed by atoms with Gasteiger partial charge in [0.15, 0.2) is 6.23 Å². The van der Waals surface area contributed by atoms with Crippen molar-refractivity contribution in [1.29, 1.82) is 0 Å². The summed E-state index contributed by atoms with van der Waals surface area (Å²) in [7, 11) is -4.64. The van der Waals surface area contributed by atoms with E-state index < -0.39 is 50.1 Å². The summed E-state index contributed by atoms with van der Waals surface area (Å²) in [6, 6.07) is 10.0. The van der Waals surface area contributed by atoms with Crippen LogP contribution in [0.25, 0.3) is 10.9 Å². The number of fused-ring (bicyclic) bond motifs is 1. The molecule has 0 unspecified atom stereocenters. The van der Waals surface area contributed by atoms with E-state index in [0.717, 1.165) is 21.2 Å². The van der Waals surface area contributed by atoms with Crippen molar-refractivity contribution in [3.8, 4) is 0 Å². The number of aromatic amines is 1. The molecule has 3 heterocycles. The maximum absolute atomic E-state index is 12.3. The third kappa shape index (κ3) is 7.19. The minimum absolute atomic E-state index is 0.0173. The number of ether oxygens (including phenoxy) is 2. The van der Waals surface area contributed by atoms with Gasteiger partial charge in [0.2, 0.25) is 0 Å². The zero-order valence-electron chi connectivity index (χ0n) is 18.6. The van der Waals surface area contributed by atoms with Gasteiger partial charge in [-0.2, -0.15) is 4.98 Å². The van der Waals surface area contributed by atoms with Gasteiger partial charge in [0.1, 0.15) is 36.8 Å². The highest BCUT2D eigenvalue weighted by Gasteiger charge is 2.44. The molecular formula is C20H26N5O10P. The van der Waals surface area contributed by atoms with Crippen LogP contribution >= 0.6 is 7.82 Å². The number of carbonyl (C=O) groups is 1. The van der Waals surface area contributed by atoms with E-state index in [2.05, 4.69) is 9.97 Å². The number of benzene rings is 1. The predicted molar refractivity (Wildman–Crippen MR) is 124 cm³/mol. The Morgan fingerprint density at radius 2 is 1.89 bits per heavy atom. The van der Waals surface area contributed by atoms with Crippen LogP contribution in [0.4, 0.5) is 5.82 Å². The summed E-state index contributed by atoms with van der Waals surface area (Å²) < 4.78 is 20.6. The number of nitrogens with one attached hydrogen (secondary N) is 1. The van der Waals surface area contributed by atoms with Crippen LogP contribution in [-0.2, 0) is 25.3 Å². The Bertz CT molecular complexity index is 1270. The molecule has 0 saturated carbocycles. The van der Waals surface area contributed by atoms with Gasteiger partial charge in [-0.3, -0.25) is 9.36 Å². The van der Waals surface area contributed by atoms with Crippen LogP contribution in [0.3, 0.4) is 0 Å². The van der Waals surface area contributed by atoms with Gasteiger partial charge in [-0.05, 0) is 23.6 Å². The Hall–Kier alpha value is -3.14. The number of rotatable bonds is 6. The first kappa shape index (κ1) is 27.4. The van der Waals surface area contributed by atoms with Crippen LogP contribution in [0.1, 0.15) is 11.9 Å². The Labute approximate surface area is 203 Å². The van der Waals surface area contributed by atoms with E-state index in [-0.39, 0.29) is 18.8 Å². The second-order valence-corrected chi connectivity index (χ2v) is 8.95. The third-order valence-electron chi connectivity index (χ3n) is 5.18. The molecule has 15 nitrogen and oxygen atoms in total. The molecule has 0 aliphatic carbocycles.